The van der Waals surface area contributed by atoms with E-state index in [-0.39, 0.29) is 12.3 Å². The summed E-state index contributed by atoms with van der Waals surface area (Å²) in [5.41, 5.74) is 0. The summed E-state index contributed by atoms with van der Waals surface area (Å²) < 4.78 is 22.5. The molecule has 0 aromatic carbocycles. The summed E-state index contributed by atoms with van der Waals surface area (Å²) in [4.78, 5) is 32.7. The molecule has 0 saturated heterocycles. The third kappa shape index (κ3) is 29.1. The van der Waals surface area contributed by atoms with Crippen LogP contribution in [0.3, 0.4) is 0 Å². The Bertz CT molecular complexity index is 509. The number of rotatable bonds is 23. The van der Waals surface area contributed by atoms with Gasteiger partial charge in [-0.25, -0.2) is 0 Å². The van der Waals surface area contributed by atoms with E-state index in [1.54, 1.807) is 0 Å². The number of carboxylic acids is 1. The minimum atomic E-state index is -1.10. The first-order chi connectivity index (χ1) is 16.3. The fourth-order valence-electron chi connectivity index (χ4n) is 2.38. The zero-order chi connectivity index (χ0) is 26.1. The SMILES string of the molecule is CO.C[N+](C)(C)CCOCCOCCOCCOCCC(=O)NCCCCC(N[C-]=O)C(=O)O.[Fm]. The van der Waals surface area contributed by atoms with E-state index < -0.39 is 12.0 Å². The van der Waals surface area contributed by atoms with Gasteiger partial charge < -0.3 is 49.1 Å². The van der Waals surface area contributed by atoms with E-state index in [0.717, 1.165) is 18.1 Å². The van der Waals surface area contributed by atoms with Crippen molar-refractivity contribution in [2.24, 2.45) is 0 Å². The van der Waals surface area contributed by atoms with Gasteiger partial charge >= 0.3 is 5.97 Å². The molecule has 12 nitrogen and oxygen atoms in total. The number of carboxylic acid groups (broad SMARTS) is 1. The molecule has 4 N–H and O–H groups in total. The van der Waals surface area contributed by atoms with Crippen LogP contribution in [0.15, 0.2) is 0 Å². The number of aliphatic carboxylic acids is 1. The molecule has 0 aliphatic carbocycles. The molecule has 0 fully saturated rings. The number of quaternary nitrogens is 1. The molecule has 13 heteroatoms. The largest absolute Gasteiger partial charge is 0.520 e. The van der Waals surface area contributed by atoms with Gasteiger partial charge in [0.05, 0.1) is 80.0 Å². The predicted molar refractivity (Wildman–Crippen MR) is 126 cm³/mol. The third-order valence-electron chi connectivity index (χ3n) is 4.27. The molecule has 0 bridgehead atoms. The van der Waals surface area contributed by atoms with Gasteiger partial charge in [0.2, 0.25) is 5.91 Å². The van der Waals surface area contributed by atoms with Crippen molar-refractivity contribution in [3.63, 3.8) is 0 Å². The smallest absolute Gasteiger partial charge is 0.323 e. The average Bonchev–Trinajstić information content (AvgIpc) is 2.78. The molecular formula is C22H45FmN3O9. The first kappa shape index (κ1) is 36.7. The van der Waals surface area contributed by atoms with E-state index in [9.17, 15) is 14.4 Å². The van der Waals surface area contributed by atoms with Crippen LogP contribution in [0, 0.1) is 0 Å². The van der Waals surface area contributed by atoms with Crippen LogP contribution in [0.4, 0.5) is 0 Å². The molecule has 214 valence electrons. The minimum absolute atomic E-state index is 0. The Hall–Kier alpha value is -2.83. The Kier molecular flexibility index (Phi) is 27.1. The summed E-state index contributed by atoms with van der Waals surface area (Å²) in [6.07, 6.45) is 3.11. The van der Waals surface area contributed by atoms with E-state index in [4.69, 9.17) is 29.2 Å². The fourth-order valence-corrected chi connectivity index (χ4v) is 2.38. The van der Waals surface area contributed by atoms with E-state index in [1.165, 1.54) is 6.41 Å². The zero-order valence-corrected chi connectivity index (χ0v) is 23.9. The van der Waals surface area contributed by atoms with Crippen molar-refractivity contribution in [1.82, 2.24) is 10.6 Å². The number of carbonyl (C=O) groups is 2. The number of nitrogens with one attached hydrogen (secondary N) is 2. The van der Waals surface area contributed by atoms with Gasteiger partial charge in [-0.15, -0.1) is 0 Å². The normalized spacial score (nSPS) is 11.5. The van der Waals surface area contributed by atoms with Crippen molar-refractivity contribution < 1.29 is 48.0 Å². The number of likely N-dealkylation sites (N-methyl/N-ethyl adjacent to an activating group) is 1. The van der Waals surface area contributed by atoms with Gasteiger partial charge in [-0.3, -0.25) is 9.59 Å². The van der Waals surface area contributed by atoms with Crippen molar-refractivity contribution in [3.8, 4) is 0 Å². The van der Waals surface area contributed by atoms with Crippen molar-refractivity contribution in [2.75, 3.05) is 94.2 Å². The number of unbranched alkanes of at least 4 members (excludes halogenated alkanes) is 1. The third-order valence-corrected chi connectivity index (χ3v) is 4.27. The van der Waals surface area contributed by atoms with Crippen molar-refractivity contribution >= 4 is 18.3 Å². The maximum Gasteiger partial charge on any atom is 0.323 e. The van der Waals surface area contributed by atoms with Crippen LogP contribution in [-0.2, 0) is 33.3 Å². The monoisotopic (exact) mass is 752 g/mol. The van der Waals surface area contributed by atoms with Crippen LogP contribution in [0.2, 0.25) is 0 Å². The zero-order valence-electron chi connectivity index (χ0n) is 21.5. The van der Waals surface area contributed by atoms with E-state index in [1.807, 2.05) is 0 Å². The van der Waals surface area contributed by atoms with Crippen LogP contribution >= 0.6 is 0 Å². The van der Waals surface area contributed by atoms with E-state index in [2.05, 4.69) is 31.8 Å². The maximum atomic E-state index is 11.7. The van der Waals surface area contributed by atoms with Crippen LogP contribution in [-0.4, -0.2) is 133 Å². The van der Waals surface area contributed by atoms with Gasteiger partial charge in [0, 0.05) is 20.1 Å². The van der Waals surface area contributed by atoms with E-state index in [0.29, 0.717) is 78.7 Å². The molecule has 35 heavy (non-hydrogen) atoms. The number of aliphatic hydroxyl groups excluding tert-OH is 1. The number of hydrogen-bond donors (Lipinski definition) is 4. The Morgan fingerprint density at radius 1 is 0.857 bits per heavy atom. The second kappa shape index (κ2) is 25.8. The molecule has 0 aliphatic rings. The molecule has 2 amide bonds. The summed E-state index contributed by atoms with van der Waals surface area (Å²) in [5, 5.41) is 20.7. The summed E-state index contributed by atoms with van der Waals surface area (Å²) in [7, 11) is 7.36. The minimum Gasteiger partial charge on any atom is -0.520 e. The number of hydrogen-bond acceptors (Lipinski definition) is 8. The summed E-state index contributed by atoms with van der Waals surface area (Å²) in [5.74, 6) is -1.22. The molecule has 0 aromatic rings. The van der Waals surface area contributed by atoms with Gasteiger partial charge in [-0.05, 0) is 19.3 Å². The van der Waals surface area contributed by atoms with Crippen LogP contribution in [0.5, 0.6) is 0 Å². The number of ether oxygens (including phenoxy) is 4. The van der Waals surface area contributed by atoms with E-state index >= 15 is 0 Å². The number of amides is 2. The Labute approximate surface area is 203 Å². The molecule has 0 aliphatic heterocycles. The Balaban J connectivity index is -0.00000332. The van der Waals surface area contributed by atoms with Gasteiger partial charge in [-0.2, -0.15) is 6.41 Å². The number of nitrogens with zero attached hydrogens (tertiary/aromatic N) is 1. The quantitative estimate of drug-likeness (QED) is 0.0453. The van der Waals surface area contributed by atoms with Gasteiger partial charge in [0.1, 0.15) is 6.54 Å². The maximum absolute atomic E-state index is 11.7. The Morgan fingerprint density at radius 3 is 1.80 bits per heavy atom. The number of carbonyl (C=O) groups excluding carboxylic acids is 2. The van der Waals surface area contributed by atoms with Crippen LogP contribution in [0.1, 0.15) is 25.7 Å². The first-order valence-electron chi connectivity index (χ1n) is 11.4. The van der Waals surface area contributed by atoms with Gasteiger partial charge in [0.15, 0.2) is 0 Å². The van der Waals surface area contributed by atoms with Crippen molar-refractivity contribution in [1.29, 1.82) is 0 Å². The molecule has 0 saturated carbocycles. The van der Waals surface area contributed by atoms with Gasteiger partial charge in [0.25, 0.3) is 0 Å². The predicted octanol–water partition coefficient (Wildman–Crippen LogP) is -0.846. The fraction of sp³-hybridized carbons (Fsp3) is 0.864. The standard InChI is InChI=1S/C21H41N3O8.CH4O.Fm/c1-24(2,3)9-11-30-13-15-32-17-16-31-14-12-29-10-7-20(26)22-8-5-4-6-19(21(27)28)23-18-25;1-2;/h19H,4-17H2,1-3H3,(H,22,26)(H,23,25)(H,27,28);2H,1H3;. The second-order valence-corrected chi connectivity index (χ2v) is 8.20. The molecule has 1 unspecified atom stereocenters. The summed E-state index contributed by atoms with van der Waals surface area (Å²) >= 11 is 0. The summed E-state index contributed by atoms with van der Waals surface area (Å²) in [6.45, 7) is 5.34. The second-order valence-electron chi connectivity index (χ2n) is 8.20. The van der Waals surface area contributed by atoms with Crippen molar-refractivity contribution in [2.45, 2.75) is 31.7 Å². The van der Waals surface area contributed by atoms with Crippen molar-refractivity contribution in [3.05, 3.63) is 0 Å². The van der Waals surface area contributed by atoms with Crippen LogP contribution in [0.25, 0.3) is 0 Å². The molecule has 0 rings (SSSR count). The molecule has 0 heterocycles. The molecule has 1 atom stereocenters. The molecular weight excluding hydrogens is 707 g/mol. The topological polar surface area (TPSA) is 153 Å². The average molecular weight is 753 g/mol. The first-order valence-corrected chi connectivity index (χ1v) is 11.4. The van der Waals surface area contributed by atoms with Gasteiger partial charge in [-0.1, -0.05) is 0 Å². The molecule has 0 spiro atoms. The molecule has 0 radical (unpaired) electrons. The Morgan fingerprint density at radius 2 is 1.34 bits per heavy atom. The summed E-state index contributed by atoms with van der Waals surface area (Å²) in [6, 6.07) is -0.942. The van der Waals surface area contributed by atoms with Crippen LogP contribution < -0.4 is 10.6 Å². The molecule has 0 aromatic heterocycles. The number of aliphatic hydroxyl groups is 1.